The van der Waals surface area contributed by atoms with Gasteiger partial charge in [-0.25, -0.2) is 4.79 Å². The summed E-state index contributed by atoms with van der Waals surface area (Å²) in [6.07, 6.45) is -0.991. The molecule has 0 aliphatic rings. The minimum Gasteiger partial charge on any atom is -0.480 e. The van der Waals surface area contributed by atoms with Gasteiger partial charge < -0.3 is 115 Å². The molecule has 30 N–H and O–H groups in total. The SMILES string of the molecule is CC[C@H](C)[C@H](NC(=O)[C@H](CC(N)=O)NC(=O)[C@@H](NC(=O)[C@H](C)NC(=O)[C@@H](N)CCCCN)[C@@H](C)O)C(=O)N[C@@H](CCCN=C(N)N)C(=O)N[C@@H](CC(C)C)C(=O)N[C@@H](CCCN=C(N)N)C(=O)N[C@@H](Cc1ccccc1)C(=O)N[C@@H](CC(C)C)C(=O)N[C@@H](CCCN=C(N)N)C(=O)O. The van der Waals surface area contributed by atoms with Gasteiger partial charge in [0.05, 0.1) is 18.6 Å². The van der Waals surface area contributed by atoms with Crippen molar-refractivity contribution >= 4 is 88.8 Å². The maximum Gasteiger partial charge on any atom is 0.326 e. The fourth-order valence-corrected chi connectivity index (χ4v) is 9.73. The van der Waals surface area contributed by atoms with Gasteiger partial charge in [-0.1, -0.05) is 84.7 Å². The van der Waals surface area contributed by atoms with Gasteiger partial charge in [-0.15, -0.1) is 0 Å². The number of hydrogen-bond acceptors (Lipinski definition) is 18. The average Bonchev–Trinajstić information content (AvgIpc) is 0.866. The molecule has 0 fully saturated rings. The molecule has 0 unspecified atom stereocenters. The number of carboxylic acid groups (broad SMARTS) is 1. The van der Waals surface area contributed by atoms with E-state index in [-0.39, 0.29) is 120 Å². The molecule has 0 spiro atoms. The zero-order valence-electron chi connectivity index (χ0n) is 57.6. The number of guanidine groups is 3. The number of amides is 11. The standard InChI is InChI=1S/C62H110N22O14/c1-9-34(6)47(83-56(94)45(31-46(65)86)82-58(96)48(36(8)85)84-49(87)35(7)75-50(88)38(64)20-13-14-24-63)57(95)77-40(22-16-26-73-61(68)69)52(90)79-42(28-32(2)3)53(91)76-39(21-15-25-72-60(66)67)51(89)81-44(30-37-18-11-10-12-19-37)55(93)80-43(29-33(4)5)54(92)78-41(59(97)98)23-17-27-74-62(70)71/h10-12,18-19,32-36,38-45,47-48,85H,9,13-17,20-31,63-64H2,1-8H3,(H2,65,86)(H,75,88)(H,76,91)(H,77,95)(H,78,92)(H,79,90)(H,80,93)(H,81,89)(H,82,96)(H,83,94)(H,84,87)(H,97,98)(H4,66,67,72)(H4,68,69,73)(H4,70,71,74)/t34-,35-,36+,38-,39-,40-,41-,42-,43-,44-,45-,47-,48-/m0/s1. The number of rotatable bonds is 48. The monoisotopic (exact) mass is 1390 g/mol. The molecule has 0 heterocycles. The molecule has 0 bridgehead atoms. The van der Waals surface area contributed by atoms with Crippen molar-refractivity contribution in [3.8, 4) is 0 Å². The van der Waals surface area contributed by atoms with E-state index in [1.807, 2.05) is 0 Å². The van der Waals surface area contributed by atoms with E-state index in [0.29, 0.717) is 24.9 Å². The molecule has 0 aliphatic carbocycles. The number of aliphatic imine (C=N–C) groups is 3. The number of nitrogens with one attached hydrogen (secondary N) is 10. The fourth-order valence-electron chi connectivity index (χ4n) is 9.73. The molecule has 0 saturated heterocycles. The first-order valence-electron chi connectivity index (χ1n) is 32.9. The van der Waals surface area contributed by atoms with Crippen LogP contribution in [0.15, 0.2) is 45.3 Å². The maximum absolute atomic E-state index is 14.7. The third-order valence-corrected chi connectivity index (χ3v) is 15.3. The second kappa shape index (κ2) is 45.9. The molecule has 0 saturated carbocycles. The Morgan fingerprint density at radius 2 is 0.827 bits per heavy atom. The third kappa shape index (κ3) is 35.0. The van der Waals surface area contributed by atoms with Crippen molar-refractivity contribution < 1.29 is 67.7 Å². The van der Waals surface area contributed by atoms with Crippen LogP contribution in [0.5, 0.6) is 0 Å². The molecular formula is C62H110N22O14. The van der Waals surface area contributed by atoms with Gasteiger partial charge in [0, 0.05) is 26.1 Å². The van der Waals surface area contributed by atoms with Crippen molar-refractivity contribution in [2.45, 2.75) is 218 Å². The van der Waals surface area contributed by atoms with Gasteiger partial charge in [0.2, 0.25) is 65.0 Å². The summed E-state index contributed by atoms with van der Waals surface area (Å²) in [7, 11) is 0. The lowest BCUT2D eigenvalue weighted by Gasteiger charge is -2.30. The van der Waals surface area contributed by atoms with Gasteiger partial charge in [0.15, 0.2) is 17.9 Å². The number of unbranched alkanes of at least 4 members (excludes halogenated alkanes) is 1. The predicted molar refractivity (Wildman–Crippen MR) is 367 cm³/mol. The van der Waals surface area contributed by atoms with Crippen LogP contribution in [0.3, 0.4) is 0 Å². The Hall–Kier alpha value is -9.45. The predicted octanol–water partition coefficient (Wildman–Crippen LogP) is -5.81. The Morgan fingerprint density at radius 3 is 1.26 bits per heavy atom. The van der Waals surface area contributed by atoms with Gasteiger partial charge in [-0.3, -0.25) is 67.7 Å². The van der Waals surface area contributed by atoms with Crippen LogP contribution in [-0.4, -0.2) is 198 Å². The van der Waals surface area contributed by atoms with Crippen LogP contribution in [-0.2, 0) is 64.0 Å². The first-order chi connectivity index (χ1) is 46.0. The molecule has 0 aromatic heterocycles. The number of aliphatic carboxylic acids is 1. The third-order valence-electron chi connectivity index (χ3n) is 15.3. The normalized spacial score (nSPS) is 15.1. The van der Waals surface area contributed by atoms with Gasteiger partial charge in [0.25, 0.3) is 0 Å². The summed E-state index contributed by atoms with van der Waals surface area (Å²) in [5.41, 5.74) is 50.7. The Bertz CT molecular complexity index is 2850. The summed E-state index contributed by atoms with van der Waals surface area (Å²) in [4.78, 5) is 177. The van der Waals surface area contributed by atoms with Crippen LogP contribution in [0.2, 0.25) is 0 Å². The zero-order valence-corrected chi connectivity index (χ0v) is 57.6. The number of nitrogens with zero attached hydrogens (tertiary/aromatic N) is 3. The molecular weight excluding hydrogens is 1280 g/mol. The number of hydrogen-bond donors (Lipinski definition) is 21. The van der Waals surface area contributed by atoms with E-state index in [1.54, 1.807) is 71.9 Å². The molecule has 1 aromatic carbocycles. The topological polar surface area (TPSA) is 637 Å². The molecule has 0 radical (unpaired) electrons. The molecule has 11 amide bonds. The Morgan fingerprint density at radius 1 is 0.439 bits per heavy atom. The minimum atomic E-state index is -1.82. The van der Waals surface area contributed by atoms with E-state index >= 15 is 0 Å². The summed E-state index contributed by atoms with van der Waals surface area (Å²) >= 11 is 0. The first kappa shape index (κ1) is 86.6. The molecule has 552 valence electrons. The van der Waals surface area contributed by atoms with Crippen LogP contribution in [0.25, 0.3) is 0 Å². The van der Waals surface area contributed by atoms with Crippen molar-refractivity contribution in [2.24, 2.45) is 84.3 Å². The van der Waals surface area contributed by atoms with Crippen molar-refractivity contribution in [3.05, 3.63) is 35.9 Å². The van der Waals surface area contributed by atoms with E-state index in [2.05, 4.69) is 68.1 Å². The van der Waals surface area contributed by atoms with Gasteiger partial charge in [0.1, 0.15) is 60.4 Å². The lowest BCUT2D eigenvalue weighted by Crippen LogP contribution is -2.62. The van der Waals surface area contributed by atoms with Crippen LogP contribution in [0.4, 0.5) is 0 Å². The lowest BCUT2D eigenvalue weighted by atomic mass is 9.96. The van der Waals surface area contributed by atoms with E-state index < -0.39 is 156 Å². The van der Waals surface area contributed by atoms with E-state index in [4.69, 9.17) is 51.6 Å². The Kier molecular flexibility index (Phi) is 40.5. The van der Waals surface area contributed by atoms with Gasteiger partial charge in [-0.05, 0) is 108 Å². The Labute approximate surface area is 572 Å². The number of primary amides is 1. The highest BCUT2D eigenvalue weighted by atomic mass is 16.4. The lowest BCUT2D eigenvalue weighted by molar-refractivity contribution is -0.142. The van der Waals surface area contributed by atoms with Crippen molar-refractivity contribution in [1.82, 2.24) is 53.2 Å². The molecule has 98 heavy (non-hydrogen) atoms. The smallest absolute Gasteiger partial charge is 0.326 e. The second-order valence-electron chi connectivity index (χ2n) is 25.0. The fraction of sp³-hybridized carbons (Fsp3) is 0.661. The first-order valence-corrected chi connectivity index (χ1v) is 32.9. The van der Waals surface area contributed by atoms with Crippen LogP contribution < -0.4 is 105 Å². The van der Waals surface area contributed by atoms with E-state index in [0.717, 1.165) is 6.92 Å². The number of nitrogens with two attached hydrogens (primary N) is 9. The van der Waals surface area contributed by atoms with E-state index in [9.17, 15) is 67.7 Å². The highest BCUT2D eigenvalue weighted by Gasteiger charge is 2.38. The quantitative estimate of drug-likeness (QED) is 0.0164. The largest absolute Gasteiger partial charge is 0.480 e. The molecule has 1 aromatic rings. The van der Waals surface area contributed by atoms with Gasteiger partial charge >= 0.3 is 5.97 Å². The number of carbonyl (C=O) groups is 12. The van der Waals surface area contributed by atoms with E-state index in [1.165, 1.54) is 6.92 Å². The summed E-state index contributed by atoms with van der Waals surface area (Å²) in [5, 5.41) is 46.2. The summed E-state index contributed by atoms with van der Waals surface area (Å²) in [6.45, 7) is 13.2. The van der Waals surface area contributed by atoms with Crippen LogP contribution in [0, 0.1) is 17.8 Å². The number of aliphatic hydroxyl groups excluding tert-OH is 1. The molecule has 1 rings (SSSR count). The zero-order chi connectivity index (χ0) is 74.4. The van der Waals surface area contributed by atoms with Crippen molar-refractivity contribution in [1.29, 1.82) is 0 Å². The van der Waals surface area contributed by atoms with Gasteiger partial charge in [-0.2, -0.15) is 0 Å². The molecule has 13 atom stereocenters. The second-order valence-corrected chi connectivity index (χ2v) is 25.0. The van der Waals surface area contributed by atoms with Crippen LogP contribution in [0.1, 0.15) is 144 Å². The van der Waals surface area contributed by atoms with Crippen molar-refractivity contribution in [3.63, 3.8) is 0 Å². The van der Waals surface area contributed by atoms with Crippen LogP contribution >= 0.6 is 0 Å². The number of carboxylic acids is 1. The summed E-state index contributed by atoms with van der Waals surface area (Å²) < 4.78 is 0. The summed E-state index contributed by atoms with van der Waals surface area (Å²) in [6, 6.07) is -7.31. The number of benzene rings is 1. The van der Waals surface area contributed by atoms with Crippen molar-refractivity contribution in [2.75, 3.05) is 26.2 Å². The number of aliphatic hydroxyl groups is 1. The highest BCUT2D eigenvalue weighted by molar-refractivity contribution is 6.00. The highest BCUT2D eigenvalue weighted by Crippen LogP contribution is 2.15. The maximum atomic E-state index is 14.7. The molecule has 0 aliphatic heterocycles. The summed E-state index contributed by atoms with van der Waals surface area (Å²) in [5.74, 6) is -13.6. The molecule has 36 heteroatoms. The minimum absolute atomic E-state index is 0.0153. The number of carbonyl (C=O) groups excluding carboxylic acids is 11. The molecule has 36 nitrogen and oxygen atoms in total. The Balaban J connectivity index is 3.76. The average molecular weight is 1390 g/mol.